The number of nitrogens with one attached hydrogen (secondary N) is 3. The van der Waals surface area contributed by atoms with Crippen LogP contribution in [-0.4, -0.2) is 22.0 Å². The zero-order chi connectivity index (χ0) is 13.8. The molecule has 6 heteroatoms. The number of rotatable bonds is 2. The average Bonchev–Trinajstić information content (AvgIpc) is 2.83. The third-order valence-electron chi connectivity index (χ3n) is 2.62. The van der Waals surface area contributed by atoms with Crippen molar-refractivity contribution < 1.29 is 9.59 Å². The minimum Gasteiger partial charge on any atom is -0.282 e. The fourth-order valence-corrected chi connectivity index (χ4v) is 1.61. The number of aromatic nitrogens is 2. The summed E-state index contributed by atoms with van der Waals surface area (Å²) in [5.41, 5.74) is 7.02. The van der Waals surface area contributed by atoms with E-state index in [9.17, 15) is 9.59 Å². The van der Waals surface area contributed by atoms with Gasteiger partial charge in [0.1, 0.15) is 0 Å². The Morgan fingerprint density at radius 3 is 2.42 bits per heavy atom. The van der Waals surface area contributed by atoms with Crippen LogP contribution in [0.2, 0.25) is 0 Å². The average molecular weight is 258 g/mol. The molecule has 0 fully saturated rings. The van der Waals surface area contributed by atoms with Gasteiger partial charge in [-0.3, -0.25) is 25.5 Å². The second kappa shape index (κ2) is 5.34. The molecule has 0 radical (unpaired) electrons. The lowest BCUT2D eigenvalue weighted by atomic mass is 10.1. The maximum Gasteiger partial charge on any atom is 0.290 e. The minimum atomic E-state index is -0.466. The van der Waals surface area contributed by atoms with Crippen molar-refractivity contribution in [3.05, 3.63) is 52.8 Å². The number of hydrazine groups is 1. The van der Waals surface area contributed by atoms with Crippen molar-refractivity contribution in [2.45, 2.75) is 13.8 Å². The summed E-state index contributed by atoms with van der Waals surface area (Å²) in [7, 11) is 0. The number of carbonyl (C=O) groups excluding carboxylic acids is 2. The summed E-state index contributed by atoms with van der Waals surface area (Å²) in [6.07, 6.45) is 0. The quantitative estimate of drug-likeness (QED) is 0.705. The van der Waals surface area contributed by atoms with Gasteiger partial charge in [0, 0.05) is 11.3 Å². The number of hydrogen-bond acceptors (Lipinski definition) is 3. The van der Waals surface area contributed by atoms with Crippen LogP contribution < -0.4 is 10.9 Å². The van der Waals surface area contributed by atoms with Crippen molar-refractivity contribution in [3.63, 3.8) is 0 Å². The normalized spacial score (nSPS) is 10.0. The predicted molar refractivity (Wildman–Crippen MR) is 69.4 cm³/mol. The van der Waals surface area contributed by atoms with E-state index >= 15 is 0 Å². The SMILES string of the molecule is Cc1cc(C(=O)NNC(=O)c2ccccc2C)n[nH]1. The molecule has 2 amide bonds. The Balaban J connectivity index is 1.98. The Bertz CT molecular complexity index is 619. The zero-order valence-corrected chi connectivity index (χ0v) is 10.7. The van der Waals surface area contributed by atoms with E-state index in [1.165, 1.54) is 0 Å². The van der Waals surface area contributed by atoms with Gasteiger partial charge in [0.05, 0.1) is 0 Å². The van der Waals surface area contributed by atoms with Gasteiger partial charge in [0.2, 0.25) is 0 Å². The molecule has 0 aliphatic rings. The van der Waals surface area contributed by atoms with E-state index in [1.54, 1.807) is 25.1 Å². The van der Waals surface area contributed by atoms with Crippen molar-refractivity contribution in [2.75, 3.05) is 0 Å². The van der Waals surface area contributed by atoms with Gasteiger partial charge in [0.25, 0.3) is 11.8 Å². The highest BCUT2D eigenvalue weighted by Crippen LogP contribution is 2.06. The second-order valence-electron chi connectivity index (χ2n) is 4.16. The molecule has 0 saturated heterocycles. The number of aryl methyl sites for hydroxylation is 2. The van der Waals surface area contributed by atoms with E-state index < -0.39 is 5.91 Å². The maximum atomic E-state index is 11.9. The molecule has 1 heterocycles. The van der Waals surface area contributed by atoms with Gasteiger partial charge in [-0.1, -0.05) is 18.2 Å². The van der Waals surface area contributed by atoms with Gasteiger partial charge in [-0.25, -0.2) is 0 Å². The molecule has 0 unspecified atom stereocenters. The molecule has 2 rings (SSSR count). The summed E-state index contributed by atoms with van der Waals surface area (Å²) in [6, 6.07) is 8.72. The van der Waals surface area contributed by atoms with Crippen molar-refractivity contribution in [1.29, 1.82) is 0 Å². The van der Waals surface area contributed by atoms with Gasteiger partial charge in [-0.2, -0.15) is 5.10 Å². The van der Waals surface area contributed by atoms with Crippen LogP contribution in [-0.2, 0) is 0 Å². The van der Waals surface area contributed by atoms with Crippen LogP contribution in [0.1, 0.15) is 32.1 Å². The van der Waals surface area contributed by atoms with E-state index in [0.717, 1.165) is 11.3 Å². The molecule has 1 aromatic carbocycles. The lowest BCUT2D eigenvalue weighted by Crippen LogP contribution is -2.42. The standard InChI is InChI=1S/C13H14N4O2/c1-8-5-3-4-6-10(8)12(18)16-17-13(19)11-7-9(2)14-15-11/h3-7H,1-2H3,(H,14,15)(H,16,18)(H,17,19). The minimum absolute atomic E-state index is 0.225. The Kier molecular flexibility index (Phi) is 3.61. The molecule has 0 saturated carbocycles. The van der Waals surface area contributed by atoms with E-state index in [1.807, 2.05) is 19.1 Å². The number of benzene rings is 1. The topological polar surface area (TPSA) is 86.9 Å². The van der Waals surface area contributed by atoms with Gasteiger partial charge >= 0.3 is 0 Å². The van der Waals surface area contributed by atoms with Gasteiger partial charge < -0.3 is 0 Å². The van der Waals surface area contributed by atoms with Crippen LogP contribution in [0.5, 0.6) is 0 Å². The lowest BCUT2D eigenvalue weighted by molar-refractivity contribution is 0.0843. The Morgan fingerprint density at radius 1 is 1.11 bits per heavy atom. The summed E-state index contributed by atoms with van der Waals surface area (Å²) < 4.78 is 0. The summed E-state index contributed by atoms with van der Waals surface area (Å²) in [4.78, 5) is 23.5. The number of amides is 2. The van der Waals surface area contributed by atoms with Gasteiger partial charge in [-0.15, -0.1) is 0 Å². The molecule has 6 nitrogen and oxygen atoms in total. The number of hydrogen-bond donors (Lipinski definition) is 3. The van der Waals surface area contributed by atoms with Crippen LogP contribution in [0.3, 0.4) is 0 Å². The molecular formula is C13H14N4O2. The van der Waals surface area contributed by atoms with Crippen LogP contribution in [0.4, 0.5) is 0 Å². The highest BCUT2D eigenvalue weighted by molar-refractivity contribution is 5.99. The summed E-state index contributed by atoms with van der Waals surface area (Å²) >= 11 is 0. The fraction of sp³-hybridized carbons (Fsp3) is 0.154. The molecule has 0 spiro atoms. The van der Waals surface area contributed by atoms with E-state index in [-0.39, 0.29) is 11.6 Å². The molecule has 2 aromatic rings. The number of aromatic amines is 1. The molecule has 0 atom stereocenters. The van der Waals surface area contributed by atoms with Crippen LogP contribution in [0, 0.1) is 13.8 Å². The fourth-order valence-electron chi connectivity index (χ4n) is 1.61. The molecule has 19 heavy (non-hydrogen) atoms. The van der Waals surface area contributed by atoms with Gasteiger partial charge in [0.15, 0.2) is 5.69 Å². The largest absolute Gasteiger partial charge is 0.290 e. The highest BCUT2D eigenvalue weighted by Gasteiger charge is 2.12. The molecule has 0 bridgehead atoms. The summed E-state index contributed by atoms with van der Waals surface area (Å²) in [5, 5.41) is 6.45. The first-order valence-corrected chi connectivity index (χ1v) is 5.76. The van der Waals surface area contributed by atoms with Crippen LogP contribution in [0.15, 0.2) is 30.3 Å². The van der Waals surface area contributed by atoms with E-state index in [2.05, 4.69) is 21.0 Å². The Hall–Kier alpha value is -2.63. The number of H-pyrrole nitrogens is 1. The molecule has 1 aromatic heterocycles. The van der Waals surface area contributed by atoms with E-state index in [0.29, 0.717) is 5.56 Å². The molecule has 0 aliphatic heterocycles. The van der Waals surface area contributed by atoms with E-state index in [4.69, 9.17) is 0 Å². The maximum absolute atomic E-state index is 11.9. The van der Waals surface area contributed by atoms with Crippen LogP contribution in [0.25, 0.3) is 0 Å². The summed E-state index contributed by atoms with van der Waals surface area (Å²) in [5.74, 6) is -0.829. The molecule has 3 N–H and O–H groups in total. The van der Waals surface area contributed by atoms with Crippen molar-refractivity contribution in [2.24, 2.45) is 0 Å². The highest BCUT2D eigenvalue weighted by atomic mass is 16.2. The monoisotopic (exact) mass is 258 g/mol. The third-order valence-corrected chi connectivity index (χ3v) is 2.62. The second-order valence-corrected chi connectivity index (χ2v) is 4.16. The first kappa shape index (κ1) is 12.8. The van der Waals surface area contributed by atoms with Crippen LogP contribution >= 0.6 is 0 Å². The number of carbonyl (C=O) groups is 2. The van der Waals surface area contributed by atoms with Crippen molar-refractivity contribution in [3.8, 4) is 0 Å². The smallest absolute Gasteiger partial charge is 0.282 e. The zero-order valence-electron chi connectivity index (χ0n) is 10.7. The first-order chi connectivity index (χ1) is 9.08. The third kappa shape index (κ3) is 2.98. The van der Waals surface area contributed by atoms with Crippen molar-refractivity contribution in [1.82, 2.24) is 21.0 Å². The molecular weight excluding hydrogens is 244 g/mol. The summed E-state index contributed by atoms with van der Waals surface area (Å²) in [6.45, 7) is 3.61. The predicted octanol–water partition coefficient (Wildman–Crippen LogP) is 1.10. The molecule has 98 valence electrons. The van der Waals surface area contributed by atoms with Crippen molar-refractivity contribution >= 4 is 11.8 Å². The first-order valence-electron chi connectivity index (χ1n) is 5.76. The number of nitrogens with zero attached hydrogens (tertiary/aromatic N) is 1. The Morgan fingerprint density at radius 2 is 1.79 bits per heavy atom. The Labute approximate surface area is 110 Å². The van der Waals surface area contributed by atoms with Gasteiger partial charge in [-0.05, 0) is 31.5 Å². The lowest BCUT2D eigenvalue weighted by Gasteiger charge is -2.07. The molecule has 0 aliphatic carbocycles.